The Bertz CT molecular complexity index is 1570. The second kappa shape index (κ2) is 11.4. The maximum atomic E-state index is 13.4. The highest BCUT2D eigenvalue weighted by Crippen LogP contribution is 2.40. The van der Waals surface area contributed by atoms with Gasteiger partial charge in [0.05, 0.1) is 36.5 Å². The molecule has 8 heteroatoms. The zero-order chi connectivity index (χ0) is 28.8. The van der Waals surface area contributed by atoms with E-state index in [1.165, 1.54) is 12.8 Å². The topological polar surface area (TPSA) is 79.5 Å². The molecule has 2 bridgehead atoms. The Morgan fingerprint density at radius 3 is 2.43 bits per heavy atom. The zero-order valence-corrected chi connectivity index (χ0v) is 24.8. The van der Waals surface area contributed by atoms with Crippen molar-refractivity contribution in [3.63, 3.8) is 0 Å². The monoisotopic (exact) mass is 584 g/mol. The number of piperidine rings is 1. The van der Waals surface area contributed by atoms with E-state index >= 15 is 0 Å². The van der Waals surface area contributed by atoms with E-state index in [1.54, 1.807) is 0 Å². The summed E-state index contributed by atoms with van der Waals surface area (Å²) in [5.41, 5.74) is 4.17. The Morgan fingerprint density at radius 2 is 1.76 bits per heavy atom. The summed E-state index contributed by atoms with van der Waals surface area (Å²) >= 11 is 6.47. The number of H-pyrrole nitrogens is 1. The van der Waals surface area contributed by atoms with Crippen molar-refractivity contribution in [3.8, 4) is 17.0 Å². The molecule has 0 aliphatic carbocycles. The molecule has 0 saturated carbocycles. The molecule has 3 aromatic carbocycles. The fourth-order valence-electron chi connectivity index (χ4n) is 7.07. The van der Waals surface area contributed by atoms with Crippen molar-refractivity contribution in [2.75, 3.05) is 13.2 Å². The number of aromatic nitrogens is 2. The molecule has 2 N–H and O–H groups in total. The molecule has 7 nitrogen and oxygen atoms in total. The molecular formula is C34H37ClN4O3. The summed E-state index contributed by atoms with van der Waals surface area (Å²) in [6, 6.07) is 23.1. The molecule has 7 rings (SSSR count). The first-order valence-electron chi connectivity index (χ1n) is 15.1. The van der Waals surface area contributed by atoms with Gasteiger partial charge in [0.15, 0.2) is 0 Å². The lowest BCUT2D eigenvalue weighted by Gasteiger charge is -2.46. The molecule has 3 aliphatic rings. The number of carbonyl (C=O) groups excluding carboxylic acids is 1. The highest BCUT2D eigenvalue weighted by atomic mass is 35.5. The molecule has 3 aliphatic heterocycles. The third kappa shape index (κ3) is 5.19. The lowest BCUT2D eigenvalue weighted by molar-refractivity contribution is -0.102. The summed E-state index contributed by atoms with van der Waals surface area (Å²) in [6.07, 6.45) is 4.95. The van der Waals surface area contributed by atoms with Gasteiger partial charge >= 0.3 is 0 Å². The highest BCUT2D eigenvalue weighted by Gasteiger charge is 2.46. The number of benzene rings is 3. The molecule has 3 fully saturated rings. The van der Waals surface area contributed by atoms with Gasteiger partial charge in [0.1, 0.15) is 11.9 Å². The third-order valence-electron chi connectivity index (χ3n) is 9.24. The summed E-state index contributed by atoms with van der Waals surface area (Å²) in [7, 11) is 0. The van der Waals surface area contributed by atoms with E-state index in [0.29, 0.717) is 28.7 Å². The van der Waals surface area contributed by atoms with Crippen LogP contribution in [0, 0.1) is 5.92 Å². The van der Waals surface area contributed by atoms with E-state index in [2.05, 4.69) is 46.4 Å². The fourth-order valence-corrected chi connectivity index (χ4v) is 7.32. The average Bonchev–Trinajstić information content (AvgIpc) is 3.48. The normalized spacial score (nSPS) is 23.2. The first kappa shape index (κ1) is 27.4. The van der Waals surface area contributed by atoms with Crippen molar-refractivity contribution in [1.29, 1.82) is 0 Å². The van der Waals surface area contributed by atoms with E-state index in [0.717, 1.165) is 59.5 Å². The second-order valence-corrected chi connectivity index (χ2v) is 12.7. The Balaban J connectivity index is 1.06. The van der Waals surface area contributed by atoms with Gasteiger partial charge in [0.25, 0.3) is 5.91 Å². The van der Waals surface area contributed by atoms with E-state index in [1.807, 2.05) is 54.6 Å². The first-order chi connectivity index (χ1) is 20.4. The van der Waals surface area contributed by atoms with Crippen LogP contribution in [0.3, 0.4) is 0 Å². The van der Waals surface area contributed by atoms with Gasteiger partial charge in [-0.2, -0.15) is 5.10 Å². The molecule has 218 valence electrons. The van der Waals surface area contributed by atoms with Crippen molar-refractivity contribution in [2.45, 2.75) is 69.8 Å². The molecule has 4 heterocycles. The highest BCUT2D eigenvalue weighted by molar-refractivity contribution is 6.31. The van der Waals surface area contributed by atoms with Crippen LogP contribution in [0.25, 0.3) is 22.2 Å². The van der Waals surface area contributed by atoms with Crippen LogP contribution < -0.4 is 10.1 Å². The lowest BCUT2D eigenvalue weighted by Crippen LogP contribution is -2.57. The Morgan fingerprint density at radius 1 is 1.02 bits per heavy atom. The summed E-state index contributed by atoms with van der Waals surface area (Å²) in [4.78, 5) is 16.1. The second-order valence-electron chi connectivity index (χ2n) is 12.3. The Labute approximate surface area is 251 Å². The van der Waals surface area contributed by atoms with E-state index in [-0.39, 0.29) is 24.0 Å². The number of ether oxygens (including phenoxy) is 2. The SMILES string of the molecule is CC(C)C(NC(=O)c1ccc2[nH]nc(-c3ccc(OC4C[C@H]5CC[C@@H](C4)N5C4COC4)cc3)c2c1)c1ccccc1Cl. The average molecular weight is 585 g/mol. The quantitative estimate of drug-likeness (QED) is 0.238. The third-order valence-corrected chi connectivity index (χ3v) is 9.58. The van der Waals surface area contributed by atoms with E-state index in [9.17, 15) is 4.79 Å². The van der Waals surface area contributed by atoms with Gasteiger partial charge < -0.3 is 14.8 Å². The number of amides is 1. The number of nitrogens with one attached hydrogen (secondary N) is 2. The summed E-state index contributed by atoms with van der Waals surface area (Å²) in [5, 5.41) is 12.5. The molecule has 0 spiro atoms. The summed E-state index contributed by atoms with van der Waals surface area (Å²) < 4.78 is 11.9. The Kier molecular flexibility index (Phi) is 7.42. The number of rotatable bonds is 8. The molecule has 1 amide bonds. The lowest BCUT2D eigenvalue weighted by atomic mass is 9.95. The minimum Gasteiger partial charge on any atom is -0.490 e. The molecule has 3 saturated heterocycles. The number of fused-ring (bicyclic) bond motifs is 3. The smallest absolute Gasteiger partial charge is 0.251 e. The standard InChI is InChI=1S/C34H37ClN4O3/c1-20(2)32(28-5-3-4-6-30(28)35)36-34(40)22-9-14-31-29(15-22)33(38-37-31)21-7-12-26(13-8-21)42-27-16-23-10-11-24(17-27)39(23)25-18-41-19-25/h3-9,12-15,20,23-25,27,32H,10-11,16-19H2,1-2H3,(H,36,40)(H,37,38)/t23-,24+,27?,32?. The Hall–Kier alpha value is -3.39. The van der Waals surface area contributed by atoms with Crippen molar-refractivity contribution >= 4 is 28.4 Å². The summed E-state index contributed by atoms with van der Waals surface area (Å²) in [5.74, 6) is 0.918. The molecule has 2 unspecified atom stereocenters. The van der Waals surface area contributed by atoms with Gasteiger partial charge in [-0.25, -0.2) is 0 Å². The van der Waals surface area contributed by atoms with Crippen LogP contribution in [-0.4, -0.2) is 58.4 Å². The van der Waals surface area contributed by atoms with Gasteiger partial charge in [0, 0.05) is 33.6 Å². The molecule has 4 atom stereocenters. The van der Waals surface area contributed by atoms with Crippen molar-refractivity contribution < 1.29 is 14.3 Å². The van der Waals surface area contributed by atoms with Gasteiger partial charge in [-0.05, 0) is 85.7 Å². The zero-order valence-electron chi connectivity index (χ0n) is 24.1. The van der Waals surface area contributed by atoms with Crippen LogP contribution in [0.5, 0.6) is 5.75 Å². The van der Waals surface area contributed by atoms with Gasteiger partial charge in [-0.3, -0.25) is 14.8 Å². The van der Waals surface area contributed by atoms with Crippen LogP contribution >= 0.6 is 11.6 Å². The van der Waals surface area contributed by atoms with Crippen LogP contribution in [-0.2, 0) is 4.74 Å². The van der Waals surface area contributed by atoms with Crippen molar-refractivity contribution in [1.82, 2.24) is 20.4 Å². The fraction of sp³-hybridized carbons (Fsp3) is 0.412. The molecule has 0 radical (unpaired) electrons. The predicted molar refractivity (Wildman–Crippen MR) is 165 cm³/mol. The van der Waals surface area contributed by atoms with E-state index in [4.69, 9.17) is 21.1 Å². The molecule has 1 aromatic heterocycles. The minimum atomic E-state index is -0.201. The number of hydrogen-bond acceptors (Lipinski definition) is 5. The van der Waals surface area contributed by atoms with Gasteiger partial charge in [0.2, 0.25) is 0 Å². The van der Waals surface area contributed by atoms with Crippen LogP contribution in [0.15, 0.2) is 66.7 Å². The van der Waals surface area contributed by atoms with E-state index < -0.39 is 0 Å². The number of carbonyl (C=O) groups is 1. The number of nitrogens with zero attached hydrogens (tertiary/aromatic N) is 2. The van der Waals surface area contributed by atoms with Gasteiger partial charge in [-0.1, -0.05) is 43.6 Å². The number of aromatic amines is 1. The number of hydrogen-bond donors (Lipinski definition) is 2. The predicted octanol–water partition coefficient (Wildman–Crippen LogP) is 6.78. The molecule has 42 heavy (non-hydrogen) atoms. The number of halogens is 1. The first-order valence-corrected chi connectivity index (χ1v) is 15.5. The van der Waals surface area contributed by atoms with Crippen molar-refractivity contribution in [3.05, 3.63) is 82.9 Å². The van der Waals surface area contributed by atoms with Crippen LogP contribution in [0.4, 0.5) is 0 Å². The largest absolute Gasteiger partial charge is 0.490 e. The van der Waals surface area contributed by atoms with Gasteiger partial charge in [-0.15, -0.1) is 0 Å². The maximum absolute atomic E-state index is 13.4. The minimum absolute atomic E-state index is 0.142. The maximum Gasteiger partial charge on any atom is 0.251 e. The van der Waals surface area contributed by atoms with Crippen LogP contribution in [0.1, 0.15) is 61.5 Å². The van der Waals surface area contributed by atoms with Crippen molar-refractivity contribution in [2.24, 2.45) is 5.92 Å². The molecule has 4 aromatic rings. The summed E-state index contributed by atoms with van der Waals surface area (Å²) in [6.45, 7) is 5.93. The molecular weight excluding hydrogens is 548 g/mol. The van der Waals surface area contributed by atoms with Crippen LogP contribution in [0.2, 0.25) is 5.02 Å².